The van der Waals surface area contributed by atoms with Crippen LogP contribution in [0.4, 0.5) is 0 Å². The van der Waals surface area contributed by atoms with Crippen LogP contribution in [0.3, 0.4) is 0 Å². The van der Waals surface area contributed by atoms with Gasteiger partial charge >= 0.3 is 0 Å². The van der Waals surface area contributed by atoms with Crippen molar-refractivity contribution < 1.29 is 22.1 Å². The highest BCUT2D eigenvalue weighted by atomic mass is 32.2. The Morgan fingerprint density at radius 2 is 1.93 bits per heavy atom. The van der Waals surface area contributed by atoms with Gasteiger partial charge in [0.05, 0.1) is 19.5 Å². The highest BCUT2D eigenvalue weighted by Crippen LogP contribution is 2.30. The van der Waals surface area contributed by atoms with Gasteiger partial charge in [-0.1, -0.05) is 0 Å². The van der Waals surface area contributed by atoms with Gasteiger partial charge in [-0.15, -0.1) is 0 Å². The van der Waals surface area contributed by atoms with Crippen LogP contribution in [-0.2, 0) is 23.8 Å². The van der Waals surface area contributed by atoms with E-state index in [1.54, 1.807) is 20.8 Å². The monoisotopic (exact) mass is 224 g/mol. The molecule has 0 amide bonds. The maximum absolute atomic E-state index is 10.8. The zero-order valence-corrected chi connectivity index (χ0v) is 9.68. The number of hydrogen-bond acceptors (Lipinski definition) is 5. The zero-order chi connectivity index (χ0) is 11.0. The molecule has 0 radical (unpaired) electrons. The molecule has 1 saturated heterocycles. The smallest absolute Gasteiger partial charge is 0.264 e. The molecule has 84 valence electrons. The first-order valence-corrected chi connectivity index (χ1v) is 6.12. The van der Waals surface area contributed by atoms with Crippen LogP contribution in [0.2, 0.25) is 0 Å². The number of rotatable bonds is 3. The van der Waals surface area contributed by atoms with Gasteiger partial charge in [0.15, 0.2) is 5.79 Å². The van der Waals surface area contributed by atoms with Crippen molar-refractivity contribution >= 4 is 10.1 Å². The van der Waals surface area contributed by atoms with Crippen LogP contribution in [0, 0.1) is 0 Å². The Morgan fingerprint density at radius 1 is 1.36 bits per heavy atom. The lowest BCUT2D eigenvalue weighted by atomic mass is 10.1. The number of ether oxygens (including phenoxy) is 2. The highest BCUT2D eigenvalue weighted by molar-refractivity contribution is 7.85. The van der Waals surface area contributed by atoms with Gasteiger partial charge in [-0.3, -0.25) is 4.18 Å². The van der Waals surface area contributed by atoms with Crippen molar-refractivity contribution in [1.82, 2.24) is 0 Å². The molecule has 1 aliphatic rings. The summed E-state index contributed by atoms with van der Waals surface area (Å²) in [7, 11) is -3.42. The minimum Gasteiger partial charge on any atom is -0.347 e. The van der Waals surface area contributed by atoms with Crippen LogP contribution >= 0.6 is 0 Å². The molecule has 14 heavy (non-hydrogen) atoms. The molecule has 0 aromatic carbocycles. The van der Waals surface area contributed by atoms with Gasteiger partial charge in [-0.25, -0.2) is 0 Å². The van der Waals surface area contributed by atoms with Crippen molar-refractivity contribution in [2.75, 3.05) is 19.5 Å². The van der Waals surface area contributed by atoms with E-state index in [0.29, 0.717) is 6.61 Å². The van der Waals surface area contributed by atoms with Crippen LogP contribution < -0.4 is 0 Å². The average molecular weight is 224 g/mol. The largest absolute Gasteiger partial charge is 0.347 e. The molecule has 1 rings (SSSR count). The lowest BCUT2D eigenvalue weighted by molar-refractivity contribution is -0.162. The van der Waals surface area contributed by atoms with Crippen molar-refractivity contribution in [3.05, 3.63) is 0 Å². The van der Waals surface area contributed by atoms with Gasteiger partial charge in [0, 0.05) is 0 Å². The predicted octanol–water partition coefficient (Wildman–Crippen LogP) is 0.504. The van der Waals surface area contributed by atoms with E-state index in [4.69, 9.17) is 9.47 Å². The first-order valence-electron chi connectivity index (χ1n) is 4.31. The third kappa shape index (κ3) is 3.53. The fraction of sp³-hybridized carbons (Fsp3) is 1.00. The van der Waals surface area contributed by atoms with Crippen molar-refractivity contribution in [3.8, 4) is 0 Å². The predicted molar refractivity (Wildman–Crippen MR) is 50.3 cm³/mol. The highest BCUT2D eigenvalue weighted by Gasteiger charge is 2.42. The summed E-state index contributed by atoms with van der Waals surface area (Å²) < 4.78 is 37.1. The van der Waals surface area contributed by atoms with E-state index in [1.807, 2.05) is 0 Å². The lowest BCUT2D eigenvalue weighted by Gasteiger charge is -2.24. The third-order valence-electron chi connectivity index (χ3n) is 1.80. The molecule has 5 nitrogen and oxygen atoms in total. The van der Waals surface area contributed by atoms with Crippen LogP contribution in [0.1, 0.15) is 20.8 Å². The third-order valence-corrected chi connectivity index (χ3v) is 2.34. The summed E-state index contributed by atoms with van der Waals surface area (Å²) in [5.41, 5.74) is -0.688. The molecule has 1 fully saturated rings. The SMILES string of the molecule is CC1(COS(C)(=O)=O)COC(C)(C)O1. The van der Waals surface area contributed by atoms with E-state index in [2.05, 4.69) is 4.18 Å². The molecule has 1 aliphatic heterocycles. The molecule has 1 atom stereocenters. The van der Waals surface area contributed by atoms with Crippen LogP contribution in [-0.4, -0.2) is 39.3 Å². The first-order chi connectivity index (χ1) is 6.12. The summed E-state index contributed by atoms with van der Waals surface area (Å²) >= 11 is 0. The molecule has 1 heterocycles. The Labute approximate surface area is 84.5 Å². The second kappa shape index (κ2) is 3.44. The van der Waals surface area contributed by atoms with Gasteiger partial charge in [0.1, 0.15) is 5.60 Å². The van der Waals surface area contributed by atoms with Gasteiger partial charge in [0.2, 0.25) is 0 Å². The second-order valence-electron chi connectivity index (χ2n) is 4.21. The summed E-state index contributed by atoms with van der Waals surface area (Å²) in [6.07, 6.45) is 1.01. The van der Waals surface area contributed by atoms with Crippen molar-refractivity contribution in [3.63, 3.8) is 0 Å². The Morgan fingerprint density at radius 3 is 2.29 bits per heavy atom. The fourth-order valence-electron chi connectivity index (χ4n) is 1.28. The summed E-state index contributed by atoms with van der Waals surface area (Å²) in [6.45, 7) is 5.62. The van der Waals surface area contributed by atoms with Gasteiger partial charge in [0.25, 0.3) is 10.1 Å². The van der Waals surface area contributed by atoms with Gasteiger partial charge in [-0.05, 0) is 20.8 Å². The van der Waals surface area contributed by atoms with Gasteiger partial charge < -0.3 is 9.47 Å². The summed E-state index contributed by atoms with van der Waals surface area (Å²) in [4.78, 5) is 0. The Balaban J connectivity index is 2.54. The van der Waals surface area contributed by atoms with Crippen molar-refractivity contribution in [1.29, 1.82) is 0 Å². The molecule has 1 unspecified atom stereocenters. The molecule has 0 aliphatic carbocycles. The van der Waals surface area contributed by atoms with Crippen LogP contribution in [0.5, 0.6) is 0 Å². The van der Waals surface area contributed by atoms with E-state index >= 15 is 0 Å². The maximum Gasteiger partial charge on any atom is 0.264 e. The Kier molecular flexibility index (Phi) is 2.93. The van der Waals surface area contributed by atoms with Crippen molar-refractivity contribution in [2.45, 2.75) is 32.2 Å². The van der Waals surface area contributed by atoms with Gasteiger partial charge in [-0.2, -0.15) is 8.42 Å². The lowest BCUT2D eigenvalue weighted by Crippen LogP contribution is -2.36. The Bertz CT molecular complexity index is 308. The standard InChI is InChI=1S/C8H16O5S/c1-7(2)11-5-8(3,13-7)6-12-14(4,9)10/h5-6H2,1-4H3. The normalized spacial score (nSPS) is 32.0. The summed E-state index contributed by atoms with van der Waals surface area (Å²) in [6, 6.07) is 0. The van der Waals surface area contributed by atoms with E-state index in [-0.39, 0.29) is 6.61 Å². The van der Waals surface area contributed by atoms with Crippen LogP contribution in [0.25, 0.3) is 0 Å². The molecule has 0 saturated carbocycles. The average Bonchev–Trinajstić information content (AvgIpc) is 2.22. The van der Waals surface area contributed by atoms with E-state index < -0.39 is 21.5 Å². The molecular formula is C8H16O5S. The molecule has 0 bridgehead atoms. The number of hydrogen-bond donors (Lipinski definition) is 0. The minimum absolute atomic E-state index is 0.0186. The minimum atomic E-state index is -3.42. The molecule has 0 N–H and O–H groups in total. The molecule has 0 aromatic heterocycles. The topological polar surface area (TPSA) is 61.8 Å². The summed E-state index contributed by atoms with van der Waals surface area (Å²) in [5, 5.41) is 0. The maximum atomic E-state index is 10.8. The molecule has 0 aromatic rings. The molecule has 0 spiro atoms. The molecule has 6 heteroatoms. The zero-order valence-electron chi connectivity index (χ0n) is 8.86. The fourth-order valence-corrected chi connectivity index (χ4v) is 1.74. The van der Waals surface area contributed by atoms with E-state index in [0.717, 1.165) is 6.26 Å². The Hall–Kier alpha value is -0.170. The second-order valence-corrected chi connectivity index (χ2v) is 5.85. The van der Waals surface area contributed by atoms with Crippen LogP contribution in [0.15, 0.2) is 0 Å². The first kappa shape index (κ1) is 11.9. The van der Waals surface area contributed by atoms with E-state index in [1.165, 1.54) is 0 Å². The van der Waals surface area contributed by atoms with E-state index in [9.17, 15) is 8.42 Å². The molecular weight excluding hydrogens is 208 g/mol. The van der Waals surface area contributed by atoms with Crippen molar-refractivity contribution in [2.24, 2.45) is 0 Å². The quantitative estimate of drug-likeness (QED) is 0.653. The summed E-state index contributed by atoms with van der Waals surface area (Å²) in [5.74, 6) is -0.671.